The molecule has 0 fully saturated rings. The maximum absolute atomic E-state index is 12.7. The molecule has 0 saturated heterocycles. The van der Waals surface area contributed by atoms with Crippen molar-refractivity contribution in [1.29, 1.82) is 0 Å². The van der Waals surface area contributed by atoms with E-state index in [0.717, 1.165) is 48.5 Å². The van der Waals surface area contributed by atoms with Crippen LogP contribution >= 0.6 is 0 Å². The number of ketones is 1. The number of benzene rings is 1. The number of hydrogen-bond acceptors (Lipinski definition) is 5. The van der Waals surface area contributed by atoms with Crippen LogP contribution in [0.15, 0.2) is 34.5 Å². The maximum Gasteiger partial charge on any atom is 0.168 e. The number of nitrogens with zero attached hydrogens (tertiary/aromatic N) is 1. The van der Waals surface area contributed by atoms with E-state index in [2.05, 4.69) is 6.92 Å². The first-order valence-electron chi connectivity index (χ1n) is 11.2. The Morgan fingerprint density at radius 2 is 1.80 bits per heavy atom. The van der Waals surface area contributed by atoms with Crippen LogP contribution in [0.1, 0.15) is 72.3 Å². The number of rotatable bonds is 11. The largest absolute Gasteiger partial charge is 0.511 e. The summed E-state index contributed by atoms with van der Waals surface area (Å²) < 4.78 is 11.3. The summed E-state index contributed by atoms with van der Waals surface area (Å²) in [5, 5.41) is 10.6. The summed E-state index contributed by atoms with van der Waals surface area (Å²) in [4.78, 5) is 17.5. The fraction of sp³-hybridized carbons (Fsp3) is 0.600. The van der Waals surface area contributed by atoms with Gasteiger partial charge >= 0.3 is 0 Å². The normalized spacial score (nSPS) is 16.7. The molecule has 166 valence electrons. The standard InChI is InChI=1S/C25H37NO4/c1-6-9-10-19(24-20(27)16-25(4,5)17-21(24)28)26-14-13-18-11-12-22(29-7-2)23(15-18)30-8-3/h11-12,15,27H,6-10,13-14,16-17H2,1-5H3. The predicted molar refractivity (Wildman–Crippen MR) is 122 cm³/mol. The van der Waals surface area contributed by atoms with Gasteiger partial charge in [0, 0.05) is 25.1 Å². The molecule has 1 aliphatic carbocycles. The van der Waals surface area contributed by atoms with Crippen LogP contribution in [0.2, 0.25) is 0 Å². The van der Waals surface area contributed by atoms with Crippen molar-refractivity contribution in [2.45, 2.75) is 73.1 Å². The Morgan fingerprint density at radius 1 is 1.10 bits per heavy atom. The molecule has 0 bridgehead atoms. The molecule has 30 heavy (non-hydrogen) atoms. The van der Waals surface area contributed by atoms with Gasteiger partial charge in [0.2, 0.25) is 0 Å². The Hall–Kier alpha value is -2.30. The summed E-state index contributed by atoms with van der Waals surface area (Å²) in [6, 6.07) is 5.97. The van der Waals surface area contributed by atoms with Gasteiger partial charge in [-0.1, -0.05) is 33.3 Å². The van der Waals surface area contributed by atoms with Gasteiger partial charge in [-0.25, -0.2) is 0 Å². The van der Waals surface area contributed by atoms with E-state index in [1.54, 1.807) is 0 Å². The Kier molecular flexibility index (Phi) is 8.94. The number of hydrogen-bond donors (Lipinski definition) is 1. The molecule has 0 aromatic heterocycles. The SMILES string of the molecule is CCCCC(=NCCc1ccc(OCC)c(OCC)c1)C1=C(O)CC(C)(C)CC1=O. The van der Waals surface area contributed by atoms with Crippen molar-refractivity contribution in [3.8, 4) is 11.5 Å². The first kappa shape index (κ1) is 24.0. The van der Waals surface area contributed by atoms with E-state index in [-0.39, 0.29) is 17.0 Å². The highest BCUT2D eigenvalue weighted by Crippen LogP contribution is 2.36. The van der Waals surface area contributed by atoms with Crippen molar-refractivity contribution in [3.63, 3.8) is 0 Å². The topological polar surface area (TPSA) is 68.1 Å². The summed E-state index contributed by atoms with van der Waals surface area (Å²) >= 11 is 0. The molecule has 0 unspecified atom stereocenters. The molecule has 0 radical (unpaired) electrons. The number of unbranched alkanes of at least 4 members (excludes halogenated alkanes) is 1. The Morgan fingerprint density at radius 3 is 2.43 bits per heavy atom. The van der Waals surface area contributed by atoms with Crippen LogP contribution in [0.25, 0.3) is 0 Å². The number of aliphatic hydroxyl groups excluding tert-OH is 1. The molecular weight excluding hydrogens is 378 g/mol. The fourth-order valence-electron chi connectivity index (χ4n) is 3.81. The molecule has 1 N–H and O–H groups in total. The highest BCUT2D eigenvalue weighted by atomic mass is 16.5. The third-order valence-corrected chi connectivity index (χ3v) is 5.22. The van der Waals surface area contributed by atoms with Crippen LogP contribution in [-0.4, -0.2) is 36.4 Å². The summed E-state index contributed by atoms with van der Waals surface area (Å²) in [5.74, 6) is 1.71. The van der Waals surface area contributed by atoms with Crippen molar-refractivity contribution < 1.29 is 19.4 Å². The van der Waals surface area contributed by atoms with Gasteiger partial charge in [-0.05, 0) is 56.2 Å². The number of carbonyl (C=O) groups is 1. The molecule has 0 amide bonds. The summed E-state index contributed by atoms with van der Waals surface area (Å²) in [6.45, 7) is 11.8. The Bertz CT molecular complexity index is 792. The predicted octanol–water partition coefficient (Wildman–Crippen LogP) is 5.86. The van der Waals surface area contributed by atoms with E-state index < -0.39 is 0 Å². The molecule has 0 saturated carbocycles. The molecule has 5 nitrogen and oxygen atoms in total. The highest BCUT2D eigenvalue weighted by molar-refractivity contribution is 6.23. The Balaban J connectivity index is 2.19. The second kappa shape index (κ2) is 11.2. The number of Topliss-reactive ketones (excluding diaryl/α,β-unsaturated/α-hetero) is 1. The molecule has 0 heterocycles. The quantitative estimate of drug-likeness (QED) is 0.460. The van der Waals surface area contributed by atoms with Crippen LogP contribution < -0.4 is 9.47 Å². The van der Waals surface area contributed by atoms with E-state index >= 15 is 0 Å². The first-order chi connectivity index (χ1) is 14.3. The van der Waals surface area contributed by atoms with Gasteiger partial charge in [-0.2, -0.15) is 0 Å². The second-order valence-corrected chi connectivity index (χ2v) is 8.59. The van der Waals surface area contributed by atoms with Gasteiger partial charge in [-0.3, -0.25) is 9.79 Å². The van der Waals surface area contributed by atoms with Gasteiger partial charge in [-0.15, -0.1) is 0 Å². The fourth-order valence-corrected chi connectivity index (χ4v) is 3.81. The minimum absolute atomic E-state index is 0.0123. The van der Waals surface area contributed by atoms with Gasteiger partial charge in [0.25, 0.3) is 0 Å². The van der Waals surface area contributed by atoms with Crippen molar-refractivity contribution in [3.05, 3.63) is 35.1 Å². The monoisotopic (exact) mass is 415 g/mol. The smallest absolute Gasteiger partial charge is 0.168 e. The van der Waals surface area contributed by atoms with Crippen LogP contribution in [-0.2, 0) is 11.2 Å². The van der Waals surface area contributed by atoms with Gasteiger partial charge < -0.3 is 14.6 Å². The zero-order chi connectivity index (χ0) is 22.1. The second-order valence-electron chi connectivity index (χ2n) is 8.59. The summed E-state index contributed by atoms with van der Waals surface area (Å²) in [6.07, 6.45) is 4.39. The van der Waals surface area contributed by atoms with E-state index in [4.69, 9.17) is 14.5 Å². The zero-order valence-corrected chi connectivity index (χ0v) is 19.2. The van der Waals surface area contributed by atoms with Crippen LogP contribution in [0, 0.1) is 5.41 Å². The van der Waals surface area contributed by atoms with Crippen LogP contribution in [0.4, 0.5) is 0 Å². The molecule has 1 aromatic carbocycles. The van der Waals surface area contributed by atoms with Crippen molar-refractivity contribution in [2.75, 3.05) is 19.8 Å². The van der Waals surface area contributed by atoms with E-state index in [0.29, 0.717) is 38.2 Å². The van der Waals surface area contributed by atoms with Crippen LogP contribution in [0.5, 0.6) is 11.5 Å². The lowest BCUT2D eigenvalue weighted by Gasteiger charge is -2.30. The lowest BCUT2D eigenvalue weighted by Crippen LogP contribution is -2.29. The third kappa shape index (κ3) is 6.61. The molecule has 0 atom stereocenters. The first-order valence-corrected chi connectivity index (χ1v) is 11.2. The van der Waals surface area contributed by atoms with Crippen molar-refractivity contribution in [1.82, 2.24) is 0 Å². The van der Waals surface area contributed by atoms with Gasteiger partial charge in [0.1, 0.15) is 5.76 Å². The van der Waals surface area contributed by atoms with E-state index in [9.17, 15) is 9.90 Å². The zero-order valence-electron chi connectivity index (χ0n) is 19.2. The molecular formula is C25H37NO4. The maximum atomic E-state index is 12.7. The lowest BCUT2D eigenvalue weighted by molar-refractivity contribution is -0.117. The lowest BCUT2D eigenvalue weighted by atomic mass is 9.75. The van der Waals surface area contributed by atoms with E-state index in [1.807, 2.05) is 45.9 Å². The molecule has 0 aliphatic heterocycles. The number of aliphatic hydroxyl groups is 1. The number of carbonyl (C=O) groups excluding carboxylic acids is 1. The minimum atomic E-state index is -0.196. The minimum Gasteiger partial charge on any atom is -0.511 e. The van der Waals surface area contributed by atoms with Crippen LogP contribution in [0.3, 0.4) is 0 Å². The molecule has 1 aliphatic rings. The average molecular weight is 416 g/mol. The molecule has 1 aromatic rings. The number of aliphatic imine (C=N–C) groups is 1. The average Bonchev–Trinajstić information content (AvgIpc) is 2.66. The molecule has 5 heteroatoms. The van der Waals surface area contributed by atoms with E-state index in [1.165, 1.54) is 0 Å². The van der Waals surface area contributed by atoms with Crippen molar-refractivity contribution in [2.24, 2.45) is 10.4 Å². The van der Waals surface area contributed by atoms with Gasteiger partial charge in [0.05, 0.1) is 18.8 Å². The third-order valence-electron chi connectivity index (χ3n) is 5.22. The van der Waals surface area contributed by atoms with Gasteiger partial charge in [0.15, 0.2) is 17.3 Å². The Labute approximate surface area is 181 Å². The molecule has 0 spiro atoms. The highest BCUT2D eigenvalue weighted by Gasteiger charge is 2.34. The molecule has 2 rings (SSSR count). The number of allylic oxidation sites excluding steroid dienone is 2. The summed E-state index contributed by atoms with van der Waals surface area (Å²) in [7, 11) is 0. The summed E-state index contributed by atoms with van der Waals surface area (Å²) in [5.41, 5.74) is 2.13. The van der Waals surface area contributed by atoms with Crippen molar-refractivity contribution >= 4 is 11.5 Å². The number of ether oxygens (including phenoxy) is 2.